The van der Waals surface area contributed by atoms with E-state index in [4.69, 9.17) is 0 Å². The molecule has 0 saturated carbocycles. The van der Waals surface area contributed by atoms with Gasteiger partial charge in [0.15, 0.2) is 0 Å². The molecular weight excluding hydrogens is 782 g/mol. The molecule has 0 bridgehead atoms. The SMILES string of the molecule is CC.CCCCCCCCCCCCc1cc(-c2cc(CCCCCCCCCCCC)[c]([Sn]([CH3])([CH3])[CH3])s2)s[c]1[Sn]([CH3])([CH3])[CH3]. The van der Waals surface area contributed by atoms with Gasteiger partial charge >= 0.3 is 256 Å². The van der Waals surface area contributed by atoms with Crippen molar-refractivity contribution < 1.29 is 0 Å². The minimum absolute atomic E-state index is 1.32. The summed E-state index contributed by atoms with van der Waals surface area (Å²) in [6, 6.07) is 5.32. The molecule has 0 nitrogen and oxygen atoms in total. The summed E-state index contributed by atoms with van der Waals surface area (Å²) in [5.74, 6) is 0. The Bertz CT molecular complexity index is 879. The first-order chi connectivity index (χ1) is 21.1. The number of hydrogen-bond acceptors (Lipinski definition) is 2. The zero-order chi connectivity index (χ0) is 32.8. The van der Waals surface area contributed by atoms with Crippen LogP contribution in [-0.4, -0.2) is 36.8 Å². The zero-order valence-electron chi connectivity index (χ0n) is 31.5. The Morgan fingerprint density at radius 2 is 0.659 bits per heavy atom. The number of thiophene rings is 2. The van der Waals surface area contributed by atoms with Gasteiger partial charge in [-0.15, -0.1) is 0 Å². The Morgan fingerprint density at radius 3 is 0.909 bits per heavy atom. The van der Waals surface area contributed by atoms with Crippen LogP contribution in [0.4, 0.5) is 0 Å². The van der Waals surface area contributed by atoms with Crippen molar-refractivity contribution in [3.8, 4) is 9.75 Å². The van der Waals surface area contributed by atoms with E-state index in [0.717, 1.165) is 0 Å². The van der Waals surface area contributed by atoms with Gasteiger partial charge in [0.1, 0.15) is 0 Å². The molecule has 0 saturated heterocycles. The van der Waals surface area contributed by atoms with Crippen LogP contribution < -0.4 is 5.79 Å². The second kappa shape index (κ2) is 25.0. The first kappa shape index (κ1) is 43.0. The van der Waals surface area contributed by atoms with Crippen LogP contribution in [-0.2, 0) is 12.8 Å². The summed E-state index contributed by atoms with van der Waals surface area (Å²) in [5.41, 5.74) is 3.48. The topological polar surface area (TPSA) is 0 Å². The molecule has 0 aromatic carbocycles. The van der Waals surface area contributed by atoms with Gasteiger partial charge < -0.3 is 0 Å². The van der Waals surface area contributed by atoms with Gasteiger partial charge in [-0.25, -0.2) is 0 Å². The van der Waals surface area contributed by atoms with E-state index < -0.39 is 36.8 Å². The molecule has 0 radical (unpaired) electrons. The van der Waals surface area contributed by atoms with Crippen LogP contribution in [0.2, 0.25) is 29.6 Å². The predicted molar refractivity (Wildman–Crippen MR) is 216 cm³/mol. The van der Waals surface area contributed by atoms with Gasteiger partial charge in [0.25, 0.3) is 0 Å². The van der Waals surface area contributed by atoms with Crippen LogP contribution >= 0.6 is 22.7 Å². The molecule has 0 N–H and O–H groups in total. The van der Waals surface area contributed by atoms with E-state index in [-0.39, 0.29) is 0 Å². The molecular formula is C40H76S2Sn2. The van der Waals surface area contributed by atoms with Crippen molar-refractivity contribution in [2.45, 2.75) is 199 Å². The fraction of sp³-hybridized carbons (Fsp3) is 0.800. The molecule has 256 valence electrons. The summed E-state index contributed by atoms with van der Waals surface area (Å²) in [6.07, 6.45) is 31.2. The van der Waals surface area contributed by atoms with Crippen LogP contribution in [0.25, 0.3) is 9.75 Å². The Hall–Kier alpha value is 0.997. The summed E-state index contributed by atoms with van der Waals surface area (Å²) in [6.45, 7) is 8.63. The fourth-order valence-electron chi connectivity index (χ4n) is 6.35. The quantitative estimate of drug-likeness (QED) is 0.0689. The molecule has 2 aromatic rings. The third-order valence-electron chi connectivity index (χ3n) is 8.82. The van der Waals surface area contributed by atoms with Crippen LogP contribution in [0.3, 0.4) is 0 Å². The second-order valence-electron chi connectivity index (χ2n) is 15.3. The molecule has 0 fully saturated rings. The molecule has 0 amide bonds. The van der Waals surface area contributed by atoms with Crippen molar-refractivity contribution in [3.63, 3.8) is 0 Å². The Balaban J connectivity index is 0.00000474. The van der Waals surface area contributed by atoms with E-state index in [2.05, 4.69) is 78.3 Å². The van der Waals surface area contributed by atoms with E-state index in [0.29, 0.717) is 0 Å². The summed E-state index contributed by atoms with van der Waals surface area (Å²) < 4.78 is 3.70. The van der Waals surface area contributed by atoms with Gasteiger partial charge in [-0.3, -0.25) is 0 Å². The van der Waals surface area contributed by atoms with Gasteiger partial charge in [0.2, 0.25) is 0 Å². The molecule has 0 unspecified atom stereocenters. The number of aryl methyl sites for hydroxylation is 2. The minimum atomic E-state index is -2.15. The van der Waals surface area contributed by atoms with Crippen molar-refractivity contribution in [1.82, 2.24) is 0 Å². The van der Waals surface area contributed by atoms with Crippen LogP contribution in [0.1, 0.15) is 167 Å². The van der Waals surface area contributed by atoms with Crippen LogP contribution in [0, 0.1) is 0 Å². The molecule has 2 rings (SSSR count). The second-order valence-corrected chi connectivity index (χ2v) is 48.0. The van der Waals surface area contributed by atoms with E-state index in [1.165, 1.54) is 141 Å². The van der Waals surface area contributed by atoms with Gasteiger partial charge in [-0.2, -0.15) is 0 Å². The van der Waals surface area contributed by atoms with E-state index in [1.807, 2.05) is 19.6 Å². The van der Waals surface area contributed by atoms with Crippen molar-refractivity contribution in [2.24, 2.45) is 0 Å². The molecule has 44 heavy (non-hydrogen) atoms. The van der Waals surface area contributed by atoms with Gasteiger partial charge in [-0.1, -0.05) is 40.5 Å². The average Bonchev–Trinajstić information content (AvgIpc) is 3.61. The fourth-order valence-corrected chi connectivity index (χ4v) is 22.7. The third-order valence-corrected chi connectivity index (χ3v) is 30.6. The maximum atomic E-state index is 2.66. The summed E-state index contributed by atoms with van der Waals surface area (Å²) in [7, 11) is 0. The molecule has 2 heterocycles. The van der Waals surface area contributed by atoms with Crippen molar-refractivity contribution in [3.05, 3.63) is 23.3 Å². The Morgan fingerprint density at radius 1 is 0.409 bits per heavy atom. The summed E-state index contributed by atoms with van der Waals surface area (Å²) in [5, 5.41) is 0. The molecule has 0 spiro atoms. The van der Waals surface area contributed by atoms with Crippen LogP contribution in [0.5, 0.6) is 0 Å². The molecule has 0 aliphatic carbocycles. The van der Waals surface area contributed by atoms with Crippen molar-refractivity contribution >= 4 is 65.2 Å². The average molecular weight is 859 g/mol. The zero-order valence-corrected chi connectivity index (χ0v) is 38.9. The van der Waals surface area contributed by atoms with Gasteiger partial charge in [0, 0.05) is 0 Å². The standard InChI is InChI=1S/C32H52S2.C2H6.6CH3.2Sn/c1-3-5-7-9-11-13-15-17-19-21-23-29-25-31(33-27-29)32-26-30(28-34-32)24-22-20-18-16-14-12-10-8-6-4-2;1-2;;;;;;;;/h25-26H,3-24H2,1-2H3;1-2H3;6*1H3;;. The van der Waals surface area contributed by atoms with E-state index >= 15 is 0 Å². The first-order valence-corrected chi connectivity index (χ1v) is 41.0. The Labute approximate surface area is 294 Å². The van der Waals surface area contributed by atoms with E-state index in [9.17, 15) is 0 Å². The Kier molecular flexibility index (Phi) is 24.5. The monoisotopic (exact) mass is 860 g/mol. The normalized spacial score (nSPS) is 12.0. The van der Waals surface area contributed by atoms with Gasteiger partial charge in [0.05, 0.1) is 0 Å². The van der Waals surface area contributed by atoms with Crippen LogP contribution in [0.15, 0.2) is 12.1 Å². The molecule has 0 aliphatic rings. The summed E-state index contributed by atoms with van der Waals surface area (Å²) >= 11 is 0.113. The third kappa shape index (κ3) is 18.0. The summed E-state index contributed by atoms with van der Waals surface area (Å²) in [4.78, 5) is 19.0. The van der Waals surface area contributed by atoms with Gasteiger partial charge in [-0.05, 0) is 0 Å². The number of rotatable bonds is 25. The molecule has 2 aromatic heterocycles. The molecule has 4 heteroatoms. The van der Waals surface area contributed by atoms with Crippen molar-refractivity contribution in [1.29, 1.82) is 0 Å². The van der Waals surface area contributed by atoms with E-state index in [1.54, 1.807) is 20.9 Å². The number of unbranched alkanes of at least 4 members (excludes halogenated alkanes) is 18. The number of hydrogen-bond donors (Lipinski definition) is 0. The van der Waals surface area contributed by atoms with Crippen molar-refractivity contribution in [2.75, 3.05) is 0 Å². The first-order valence-electron chi connectivity index (χ1n) is 19.3. The molecule has 0 atom stereocenters. The maximum absolute atomic E-state index is 2.66. The predicted octanol–water partition coefficient (Wildman–Crippen LogP) is 14.5. The molecule has 0 aliphatic heterocycles.